The molecular formula is C18H12N6O5S. The van der Waals surface area contributed by atoms with E-state index in [0.717, 1.165) is 4.70 Å². The number of hydrogen-bond acceptors (Lipinski definition) is 9. The molecule has 30 heavy (non-hydrogen) atoms. The number of benzene rings is 2. The Balaban J connectivity index is 1.43. The smallest absolute Gasteiger partial charge is 0.295 e. The molecule has 12 heteroatoms. The second-order valence-corrected chi connectivity index (χ2v) is 7.27. The van der Waals surface area contributed by atoms with Crippen LogP contribution in [-0.2, 0) is 0 Å². The number of rotatable bonds is 4. The van der Waals surface area contributed by atoms with E-state index in [1.165, 1.54) is 46.9 Å². The predicted molar refractivity (Wildman–Crippen MR) is 107 cm³/mol. The van der Waals surface area contributed by atoms with Gasteiger partial charge in [-0.1, -0.05) is 11.3 Å². The monoisotopic (exact) mass is 424 g/mol. The normalized spacial score (nSPS) is 12.7. The zero-order chi connectivity index (χ0) is 20.7. The quantitative estimate of drug-likeness (QED) is 0.390. The zero-order valence-electron chi connectivity index (χ0n) is 15.1. The highest BCUT2D eigenvalue weighted by Crippen LogP contribution is 2.38. The molecule has 0 saturated heterocycles. The van der Waals surface area contributed by atoms with Crippen molar-refractivity contribution in [1.29, 1.82) is 0 Å². The van der Waals surface area contributed by atoms with Crippen LogP contribution in [0, 0.1) is 10.1 Å². The van der Waals surface area contributed by atoms with Crippen LogP contribution in [-0.4, -0.2) is 43.8 Å². The highest BCUT2D eigenvalue weighted by Gasteiger charge is 2.21. The van der Waals surface area contributed by atoms with Crippen molar-refractivity contribution in [2.24, 2.45) is 0 Å². The van der Waals surface area contributed by atoms with Crippen LogP contribution in [0.2, 0.25) is 0 Å². The molecule has 2 aromatic heterocycles. The summed E-state index contributed by atoms with van der Waals surface area (Å²) in [6.45, 7) is 0.944. The number of nitrogens with one attached hydrogen (secondary N) is 1. The first-order valence-electron chi connectivity index (χ1n) is 8.73. The van der Waals surface area contributed by atoms with Gasteiger partial charge in [0.05, 0.1) is 15.1 Å². The maximum absolute atomic E-state index is 12.7. The lowest BCUT2D eigenvalue weighted by Crippen LogP contribution is -2.15. The number of thiazole rings is 1. The molecule has 1 aliphatic heterocycles. The van der Waals surface area contributed by atoms with Crippen molar-refractivity contribution in [2.75, 3.05) is 18.5 Å². The van der Waals surface area contributed by atoms with Gasteiger partial charge in [-0.15, -0.1) is 0 Å². The largest absolute Gasteiger partial charge is 0.486 e. The van der Waals surface area contributed by atoms with Crippen molar-refractivity contribution in [1.82, 2.24) is 19.7 Å². The van der Waals surface area contributed by atoms with E-state index in [9.17, 15) is 14.9 Å². The molecule has 1 amide bonds. The molecule has 3 heterocycles. The van der Waals surface area contributed by atoms with E-state index >= 15 is 0 Å². The summed E-state index contributed by atoms with van der Waals surface area (Å²) in [6.07, 6.45) is 2.61. The lowest BCUT2D eigenvalue weighted by molar-refractivity contribution is -0.384. The molecule has 0 atom stereocenters. The molecule has 4 aromatic rings. The van der Waals surface area contributed by atoms with Crippen LogP contribution < -0.4 is 14.8 Å². The number of carbonyl (C=O) groups is 1. The number of nitro groups is 1. The number of anilines is 1. The van der Waals surface area contributed by atoms with Gasteiger partial charge in [0.2, 0.25) is 0 Å². The Morgan fingerprint density at radius 3 is 2.73 bits per heavy atom. The van der Waals surface area contributed by atoms with Crippen molar-refractivity contribution in [3.8, 4) is 17.2 Å². The molecule has 150 valence electrons. The number of amides is 1. The topological polar surface area (TPSA) is 134 Å². The second kappa shape index (κ2) is 7.08. The summed E-state index contributed by atoms with van der Waals surface area (Å²) in [4.78, 5) is 31.8. The van der Waals surface area contributed by atoms with Crippen LogP contribution in [0.5, 0.6) is 11.5 Å². The maximum atomic E-state index is 12.7. The van der Waals surface area contributed by atoms with E-state index in [1.54, 1.807) is 6.07 Å². The fourth-order valence-electron chi connectivity index (χ4n) is 3.02. The molecule has 0 radical (unpaired) electrons. The van der Waals surface area contributed by atoms with Gasteiger partial charge in [-0.3, -0.25) is 20.2 Å². The lowest BCUT2D eigenvalue weighted by atomic mass is 10.1. The van der Waals surface area contributed by atoms with Gasteiger partial charge in [0.25, 0.3) is 11.6 Å². The highest BCUT2D eigenvalue weighted by molar-refractivity contribution is 7.22. The number of nitrogens with zero attached hydrogens (tertiary/aromatic N) is 5. The Hall–Kier alpha value is -4.06. The molecule has 11 nitrogen and oxygen atoms in total. The fourth-order valence-corrected chi connectivity index (χ4v) is 3.90. The third-order valence-corrected chi connectivity index (χ3v) is 5.31. The van der Waals surface area contributed by atoms with Crippen LogP contribution in [0.4, 0.5) is 10.8 Å². The molecule has 0 aliphatic carbocycles. The Labute approximate surface area is 172 Å². The number of fused-ring (bicyclic) bond motifs is 2. The molecule has 0 saturated carbocycles. The first kappa shape index (κ1) is 18.0. The Morgan fingerprint density at radius 1 is 1.20 bits per heavy atom. The molecule has 1 N–H and O–H groups in total. The minimum atomic E-state index is -0.573. The number of hydrogen-bond donors (Lipinski definition) is 1. The maximum Gasteiger partial charge on any atom is 0.295 e. The number of carbonyl (C=O) groups excluding carboxylic acids is 1. The van der Waals surface area contributed by atoms with Gasteiger partial charge in [0.15, 0.2) is 16.6 Å². The average molecular weight is 424 g/mol. The predicted octanol–water partition coefficient (Wildman–Crippen LogP) is 2.81. The van der Waals surface area contributed by atoms with E-state index in [0.29, 0.717) is 35.4 Å². The van der Waals surface area contributed by atoms with E-state index in [-0.39, 0.29) is 16.9 Å². The minimum Gasteiger partial charge on any atom is -0.486 e. The molecule has 0 unspecified atom stereocenters. The summed E-state index contributed by atoms with van der Waals surface area (Å²) in [5.41, 5.74) is 0.724. The van der Waals surface area contributed by atoms with E-state index in [4.69, 9.17) is 9.47 Å². The van der Waals surface area contributed by atoms with Crippen LogP contribution >= 0.6 is 11.3 Å². The summed E-state index contributed by atoms with van der Waals surface area (Å²) in [5, 5.41) is 18.4. The second-order valence-electron chi connectivity index (χ2n) is 6.24. The van der Waals surface area contributed by atoms with Crippen molar-refractivity contribution < 1.29 is 19.2 Å². The van der Waals surface area contributed by atoms with Gasteiger partial charge in [-0.25, -0.2) is 14.6 Å². The zero-order valence-corrected chi connectivity index (χ0v) is 16.0. The first-order valence-corrected chi connectivity index (χ1v) is 9.55. The SMILES string of the molecule is O=C(Nc1nc2cc3c(cc2s1)OCCO3)c1ccc(-n2cncn2)c([N+](=O)[O-])c1. The first-order chi connectivity index (χ1) is 14.6. The van der Waals surface area contributed by atoms with Gasteiger partial charge in [-0.05, 0) is 12.1 Å². The molecule has 0 bridgehead atoms. The molecule has 5 rings (SSSR count). The molecule has 1 aliphatic rings. The van der Waals surface area contributed by atoms with Crippen LogP contribution in [0.3, 0.4) is 0 Å². The van der Waals surface area contributed by atoms with Crippen molar-refractivity contribution >= 4 is 38.3 Å². The van der Waals surface area contributed by atoms with Crippen LogP contribution in [0.15, 0.2) is 43.0 Å². The van der Waals surface area contributed by atoms with E-state index in [2.05, 4.69) is 20.4 Å². The molecular weight excluding hydrogens is 412 g/mol. The summed E-state index contributed by atoms with van der Waals surface area (Å²) < 4.78 is 13.2. The van der Waals surface area contributed by atoms with Crippen molar-refractivity contribution in [3.05, 3.63) is 58.7 Å². The van der Waals surface area contributed by atoms with Crippen LogP contribution in [0.25, 0.3) is 15.9 Å². The van der Waals surface area contributed by atoms with Crippen LogP contribution in [0.1, 0.15) is 10.4 Å². The lowest BCUT2D eigenvalue weighted by Gasteiger charge is -2.17. The fraction of sp³-hybridized carbons (Fsp3) is 0.111. The Morgan fingerprint density at radius 2 is 2.00 bits per heavy atom. The van der Waals surface area contributed by atoms with E-state index < -0.39 is 10.8 Å². The average Bonchev–Trinajstić information content (AvgIpc) is 3.41. The Kier molecular flexibility index (Phi) is 4.25. The van der Waals surface area contributed by atoms with Gasteiger partial charge in [0.1, 0.15) is 31.6 Å². The number of nitro benzene ring substituents is 1. The third-order valence-electron chi connectivity index (χ3n) is 4.37. The number of ether oxygens (including phenoxy) is 2. The van der Waals surface area contributed by atoms with Gasteiger partial charge < -0.3 is 9.47 Å². The number of aromatic nitrogens is 4. The van der Waals surface area contributed by atoms with Gasteiger partial charge in [-0.2, -0.15) is 5.10 Å². The summed E-state index contributed by atoms with van der Waals surface area (Å²) >= 11 is 1.27. The van der Waals surface area contributed by atoms with Gasteiger partial charge >= 0.3 is 0 Å². The molecule has 0 fully saturated rings. The van der Waals surface area contributed by atoms with E-state index in [1.807, 2.05) is 6.07 Å². The molecule has 2 aromatic carbocycles. The third kappa shape index (κ3) is 3.18. The molecule has 0 spiro atoms. The summed E-state index contributed by atoms with van der Waals surface area (Å²) in [7, 11) is 0. The highest BCUT2D eigenvalue weighted by atomic mass is 32.1. The van der Waals surface area contributed by atoms with Crippen molar-refractivity contribution in [2.45, 2.75) is 0 Å². The standard InChI is InChI=1S/C18H12N6O5S/c25-17(10-1-2-12(13(5-10)24(26)27)23-9-19-8-20-23)22-18-21-11-6-14-15(7-16(11)30-18)29-4-3-28-14/h1-2,5-9H,3-4H2,(H,21,22,25). The summed E-state index contributed by atoms with van der Waals surface area (Å²) in [6, 6.07) is 7.69. The minimum absolute atomic E-state index is 0.121. The van der Waals surface area contributed by atoms with Crippen molar-refractivity contribution in [3.63, 3.8) is 0 Å². The Bertz CT molecular complexity index is 1240. The summed E-state index contributed by atoms with van der Waals surface area (Å²) in [5.74, 6) is 0.727. The van der Waals surface area contributed by atoms with Gasteiger partial charge in [0, 0.05) is 23.8 Å².